The number of nitrogens with zero attached hydrogens (tertiary/aromatic N) is 2. The van der Waals surface area contributed by atoms with Crippen molar-refractivity contribution in [1.82, 2.24) is 9.80 Å². The highest BCUT2D eigenvalue weighted by atomic mass is 16.5. The van der Waals surface area contributed by atoms with Gasteiger partial charge in [-0.25, -0.2) is 0 Å². The van der Waals surface area contributed by atoms with Gasteiger partial charge in [0.1, 0.15) is 0 Å². The molecule has 2 atom stereocenters. The van der Waals surface area contributed by atoms with Crippen molar-refractivity contribution in [2.24, 2.45) is 5.92 Å². The molecule has 2 aliphatic heterocycles. The van der Waals surface area contributed by atoms with Gasteiger partial charge < -0.3 is 19.6 Å². The highest BCUT2D eigenvalue weighted by Crippen LogP contribution is 2.42. The standard InChI is InChI=1S/C16H32N2O2/c1-15(2)13(14(19)16(3,4)20-15)11-18(6)12-7-9-17(5)10-8-12/h12-14,19H,7-11H2,1-6H3. The number of ether oxygens (including phenoxy) is 1. The minimum absolute atomic E-state index is 0.169. The minimum Gasteiger partial charge on any atom is -0.390 e. The van der Waals surface area contributed by atoms with Gasteiger partial charge in [-0.1, -0.05) is 0 Å². The summed E-state index contributed by atoms with van der Waals surface area (Å²) in [6, 6.07) is 0.637. The van der Waals surface area contributed by atoms with Gasteiger partial charge >= 0.3 is 0 Å². The van der Waals surface area contributed by atoms with Crippen molar-refractivity contribution in [1.29, 1.82) is 0 Å². The molecule has 20 heavy (non-hydrogen) atoms. The van der Waals surface area contributed by atoms with Gasteiger partial charge in [-0.2, -0.15) is 0 Å². The van der Waals surface area contributed by atoms with E-state index in [9.17, 15) is 5.11 Å². The Balaban J connectivity index is 1.98. The third kappa shape index (κ3) is 3.19. The lowest BCUT2D eigenvalue weighted by Crippen LogP contribution is -2.48. The van der Waals surface area contributed by atoms with Crippen molar-refractivity contribution >= 4 is 0 Å². The number of rotatable bonds is 3. The molecule has 0 spiro atoms. The van der Waals surface area contributed by atoms with E-state index in [0.717, 1.165) is 6.54 Å². The van der Waals surface area contributed by atoms with Crippen molar-refractivity contribution < 1.29 is 9.84 Å². The molecule has 0 aromatic rings. The van der Waals surface area contributed by atoms with Gasteiger partial charge in [-0.3, -0.25) is 0 Å². The molecule has 4 heteroatoms. The third-order valence-corrected chi connectivity index (χ3v) is 5.31. The van der Waals surface area contributed by atoms with Crippen LogP contribution in [0.3, 0.4) is 0 Å². The number of aliphatic hydroxyl groups is 1. The maximum Gasteiger partial charge on any atom is 0.0896 e. The predicted octanol–water partition coefficient (Wildman–Crippen LogP) is 1.58. The SMILES string of the molecule is CN1CCC(N(C)CC2C(O)C(C)(C)OC2(C)C)CC1. The zero-order valence-corrected chi connectivity index (χ0v) is 14.0. The fraction of sp³-hybridized carbons (Fsp3) is 1.00. The zero-order chi connectivity index (χ0) is 15.1. The molecule has 2 aliphatic rings. The van der Waals surface area contributed by atoms with Crippen molar-refractivity contribution in [3.05, 3.63) is 0 Å². The minimum atomic E-state index is -0.443. The van der Waals surface area contributed by atoms with E-state index >= 15 is 0 Å². The first-order chi connectivity index (χ1) is 9.13. The smallest absolute Gasteiger partial charge is 0.0896 e. The Morgan fingerprint density at radius 1 is 1.15 bits per heavy atom. The Bertz CT molecular complexity index is 335. The Kier molecular flexibility index (Phi) is 4.51. The Labute approximate surface area is 124 Å². The van der Waals surface area contributed by atoms with E-state index < -0.39 is 11.7 Å². The van der Waals surface area contributed by atoms with E-state index in [2.05, 4.69) is 37.7 Å². The predicted molar refractivity (Wildman–Crippen MR) is 81.9 cm³/mol. The average molecular weight is 284 g/mol. The lowest BCUT2D eigenvalue weighted by molar-refractivity contribution is -0.0915. The third-order valence-electron chi connectivity index (χ3n) is 5.31. The quantitative estimate of drug-likeness (QED) is 0.853. The van der Waals surface area contributed by atoms with Gasteiger partial charge in [-0.15, -0.1) is 0 Å². The highest BCUT2D eigenvalue weighted by molar-refractivity contribution is 5.02. The second kappa shape index (κ2) is 5.56. The summed E-state index contributed by atoms with van der Waals surface area (Å²) in [4.78, 5) is 4.83. The monoisotopic (exact) mass is 284 g/mol. The van der Waals surface area contributed by atoms with Crippen molar-refractivity contribution in [2.75, 3.05) is 33.7 Å². The topological polar surface area (TPSA) is 35.9 Å². The molecule has 4 nitrogen and oxygen atoms in total. The second-order valence-electron chi connectivity index (χ2n) is 7.83. The molecular formula is C16H32N2O2. The van der Waals surface area contributed by atoms with E-state index in [1.807, 2.05) is 13.8 Å². The van der Waals surface area contributed by atoms with Gasteiger partial charge in [0.25, 0.3) is 0 Å². The summed E-state index contributed by atoms with van der Waals surface area (Å²) >= 11 is 0. The van der Waals surface area contributed by atoms with Gasteiger partial charge in [0.15, 0.2) is 0 Å². The van der Waals surface area contributed by atoms with Crippen molar-refractivity contribution in [3.63, 3.8) is 0 Å². The molecule has 118 valence electrons. The van der Waals surface area contributed by atoms with Crippen LogP contribution in [-0.2, 0) is 4.74 Å². The molecule has 1 N–H and O–H groups in total. The largest absolute Gasteiger partial charge is 0.390 e. The van der Waals surface area contributed by atoms with Crippen LogP contribution >= 0.6 is 0 Å². The van der Waals surface area contributed by atoms with Crippen LogP contribution in [0.25, 0.3) is 0 Å². The Morgan fingerprint density at radius 2 is 1.70 bits per heavy atom. The summed E-state index contributed by atoms with van der Waals surface area (Å²) in [5.74, 6) is 0.169. The van der Waals surface area contributed by atoms with Crippen molar-refractivity contribution in [2.45, 2.75) is 63.9 Å². The molecule has 0 bridgehead atoms. The average Bonchev–Trinajstić information content (AvgIpc) is 2.48. The molecule has 0 aromatic carbocycles. The van der Waals surface area contributed by atoms with Crippen LogP contribution in [0.4, 0.5) is 0 Å². The molecule has 2 saturated heterocycles. The Morgan fingerprint density at radius 3 is 2.15 bits per heavy atom. The van der Waals surface area contributed by atoms with Crippen LogP contribution in [0, 0.1) is 5.92 Å². The summed E-state index contributed by atoms with van der Waals surface area (Å²) in [6.07, 6.45) is 2.05. The lowest BCUT2D eigenvalue weighted by atomic mass is 9.84. The molecule has 2 fully saturated rings. The number of aliphatic hydroxyl groups excluding tert-OH is 1. The maximum atomic E-state index is 10.6. The van der Waals surface area contributed by atoms with Crippen LogP contribution in [0.5, 0.6) is 0 Å². The Hall–Kier alpha value is -0.160. The number of piperidine rings is 1. The summed E-state index contributed by atoms with van der Waals surface area (Å²) in [7, 11) is 4.39. The fourth-order valence-corrected chi connectivity index (χ4v) is 3.89. The van der Waals surface area contributed by atoms with Crippen LogP contribution in [0.2, 0.25) is 0 Å². The highest BCUT2D eigenvalue weighted by Gasteiger charge is 2.53. The summed E-state index contributed by atoms with van der Waals surface area (Å²) in [5, 5.41) is 10.6. The first kappa shape index (κ1) is 16.2. The van der Waals surface area contributed by atoms with Gasteiger partial charge in [-0.05, 0) is 67.7 Å². The van der Waals surface area contributed by atoms with E-state index in [1.165, 1.54) is 25.9 Å². The number of hydrogen-bond acceptors (Lipinski definition) is 4. The molecule has 0 aromatic heterocycles. The molecule has 0 aliphatic carbocycles. The zero-order valence-electron chi connectivity index (χ0n) is 14.0. The first-order valence-electron chi connectivity index (χ1n) is 7.90. The molecular weight excluding hydrogens is 252 g/mol. The van der Waals surface area contributed by atoms with Gasteiger partial charge in [0.05, 0.1) is 17.3 Å². The van der Waals surface area contributed by atoms with Crippen LogP contribution < -0.4 is 0 Å². The van der Waals surface area contributed by atoms with Crippen molar-refractivity contribution in [3.8, 4) is 0 Å². The molecule has 2 unspecified atom stereocenters. The van der Waals surface area contributed by atoms with Gasteiger partial charge in [0, 0.05) is 18.5 Å². The summed E-state index contributed by atoms with van der Waals surface area (Å²) < 4.78 is 6.08. The van der Waals surface area contributed by atoms with Gasteiger partial charge in [0.2, 0.25) is 0 Å². The van der Waals surface area contributed by atoms with Crippen LogP contribution in [0.15, 0.2) is 0 Å². The normalized spacial score (nSPS) is 34.8. The maximum absolute atomic E-state index is 10.6. The van der Waals surface area contributed by atoms with E-state index in [-0.39, 0.29) is 11.5 Å². The lowest BCUT2D eigenvalue weighted by Gasteiger charge is -2.38. The summed E-state index contributed by atoms with van der Waals surface area (Å²) in [5.41, 5.74) is -0.704. The number of hydrogen-bond donors (Lipinski definition) is 1. The fourth-order valence-electron chi connectivity index (χ4n) is 3.89. The molecule has 2 heterocycles. The van der Waals surface area contributed by atoms with Crippen LogP contribution in [-0.4, -0.2) is 72.0 Å². The number of likely N-dealkylation sites (tertiary alicyclic amines) is 1. The molecule has 2 rings (SSSR count). The van der Waals surface area contributed by atoms with Crippen LogP contribution in [0.1, 0.15) is 40.5 Å². The van der Waals surface area contributed by atoms with E-state index in [1.54, 1.807) is 0 Å². The second-order valence-corrected chi connectivity index (χ2v) is 7.83. The molecule has 0 saturated carbocycles. The molecule has 0 amide bonds. The van der Waals surface area contributed by atoms with E-state index in [4.69, 9.17) is 4.74 Å². The first-order valence-corrected chi connectivity index (χ1v) is 7.90. The molecule has 0 radical (unpaired) electrons. The van der Waals surface area contributed by atoms with E-state index in [0.29, 0.717) is 6.04 Å². The summed E-state index contributed by atoms with van der Waals surface area (Å²) in [6.45, 7) is 11.5.